The van der Waals surface area contributed by atoms with Gasteiger partial charge in [-0.3, -0.25) is 25.3 Å². The summed E-state index contributed by atoms with van der Waals surface area (Å²) in [7, 11) is -24.1. The zero-order valence-corrected chi connectivity index (χ0v) is 21.2. The summed E-state index contributed by atoms with van der Waals surface area (Å²) in [6, 6.07) is 18.4. The Morgan fingerprint density at radius 2 is 0.833 bits per heavy atom. The van der Waals surface area contributed by atoms with Crippen LogP contribution in [0.25, 0.3) is 0 Å². The van der Waals surface area contributed by atoms with Gasteiger partial charge in [0.1, 0.15) is 0 Å². The van der Waals surface area contributed by atoms with Crippen molar-refractivity contribution in [3.63, 3.8) is 0 Å². The molecule has 0 bridgehead atoms. The van der Waals surface area contributed by atoms with Crippen molar-refractivity contribution >= 4 is 29.5 Å². The molecule has 0 aliphatic heterocycles. The van der Waals surface area contributed by atoms with E-state index >= 15 is 0 Å². The number of alkyl halides is 9. The third-order valence-electron chi connectivity index (χ3n) is 3.55. The molecule has 36 heavy (non-hydrogen) atoms. The predicted octanol–water partition coefficient (Wildman–Crippen LogP) is 4.94. The van der Waals surface area contributed by atoms with Crippen molar-refractivity contribution in [3.05, 3.63) is 69.6 Å². The number of benzene rings is 1. The summed E-state index contributed by atoms with van der Waals surface area (Å²) in [4.78, 5) is 0. The molecule has 0 aliphatic carbocycles. The molecule has 2 aromatic rings. The van der Waals surface area contributed by atoms with Gasteiger partial charge in [0.05, 0.1) is 3.91 Å². The molecular weight excluding hydrogens is 623 g/mol. The summed E-state index contributed by atoms with van der Waals surface area (Å²) in [6.45, 7) is 4.24. The Bertz CT molecular complexity index is 1120. The molecule has 2 rings (SSSR count). The van der Waals surface area contributed by atoms with Crippen LogP contribution in [0.1, 0.15) is 11.1 Å². The molecule has 0 aromatic heterocycles. The van der Waals surface area contributed by atoms with Gasteiger partial charge >= 0.3 is 33.6 Å². The van der Waals surface area contributed by atoms with Crippen LogP contribution in [0, 0.1) is 17.8 Å². The Labute approximate surface area is 211 Å². The molecule has 0 heterocycles. The van der Waals surface area contributed by atoms with E-state index in [0.717, 1.165) is 0 Å². The molecule has 0 fully saturated rings. The van der Waals surface area contributed by atoms with Crippen LogP contribution in [0.15, 0.2) is 54.6 Å². The Hall–Kier alpha value is -1.69. The van der Waals surface area contributed by atoms with Crippen LogP contribution in [-0.4, -0.2) is 41.8 Å². The Balaban J connectivity index is 0. The Morgan fingerprint density at radius 3 is 0.972 bits per heavy atom. The van der Waals surface area contributed by atoms with E-state index in [4.69, 9.17) is 0 Å². The molecule has 0 aliphatic rings. The third kappa shape index (κ3) is 9.00. The first-order valence-electron chi connectivity index (χ1n) is 8.42. The van der Waals surface area contributed by atoms with Gasteiger partial charge in [-0.15, -0.1) is 0 Å². The SMILES string of the molecule is Cc1ccccc1C.O=S(=O)([C-](S(=O)(=O)C(F)(F)F)S(=O)(=O)C(F)(F)F)C(F)(F)F.[Fe+2].c1cc[cH-]c1. The fourth-order valence-electron chi connectivity index (χ4n) is 1.70. The van der Waals surface area contributed by atoms with Crippen molar-refractivity contribution in [2.45, 2.75) is 30.4 Å². The maximum absolute atomic E-state index is 12.0. The largest absolute Gasteiger partial charge is 2.00 e. The molecule has 0 saturated heterocycles. The van der Waals surface area contributed by atoms with Gasteiger partial charge in [-0.05, 0) is 25.0 Å². The molecule has 19 heteroatoms. The zero-order chi connectivity index (χ0) is 28.1. The molecular formula is C17H15F9FeO6S3. The van der Waals surface area contributed by atoms with Crippen LogP contribution < -0.4 is 0 Å². The number of hydrogen-bond donors (Lipinski definition) is 0. The monoisotopic (exact) mass is 638 g/mol. The topological polar surface area (TPSA) is 102 Å². The van der Waals surface area contributed by atoms with E-state index in [1.165, 1.54) is 11.1 Å². The smallest absolute Gasteiger partial charge is 0.251 e. The number of aryl methyl sites for hydroxylation is 2. The van der Waals surface area contributed by atoms with Crippen LogP contribution in [-0.2, 0) is 46.6 Å². The maximum atomic E-state index is 12.0. The van der Waals surface area contributed by atoms with Crippen molar-refractivity contribution in [3.8, 4) is 0 Å². The minimum atomic E-state index is -8.02. The average Bonchev–Trinajstić information content (AvgIpc) is 3.21. The van der Waals surface area contributed by atoms with Gasteiger partial charge in [-0.25, -0.2) is 12.1 Å². The van der Waals surface area contributed by atoms with Gasteiger partial charge in [-0.2, -0.15) is 57.7 Å². The van der Waals surface area contributed by atoms with E-state index in [-0.39, 0.29) is 17.1 Å². The fraction of sp³-hybridized carbons (Fsp3) is 0.294. The van der Waals surface area contributed by atoms with Gasteiger partial charge in [-0.1, -0.05) is 24.3 Å². The first-order chi connectivity index (χ1) is 15.4. The van der Waals surface area contributed by atoms with E-state index in [0.29, 0.717) is 0 Å². The summed E-state index contributed by atoms with van der Waals surface area (Å²) in [5, 5.41) is 0. The standard InChI is InChI=1S/C8H10.C5H5.C4F9O6S3.Fe/c1-7-5-3-4-6-8(7)2;1-2-4-5-3-1;5-2(6,7)20(14,15)1(21(16,17)3(8,9)10)22(18,19)4(11,12)13;/h3-6H,1-2H3;1-5H;;/q;2*-1;+2. The maximum Gasteiger partial charge on any atom is 2.00 e. The number of halogens is 9. The van der Waals surface area contributed by atoms with Gasteiger partial charge in [0.15, 0.2) is 29.5 Å². The second kappa shape index (κ2) is 12.7. The summed E-state index contributed by atoms with van der Waals surface area (Å²) in [5.41, 5.74) is -18.4. The average molecular weight is 638 g/mol. The first-order valence-corrected chi connectivity index (χ1v) is 12.9. The molecule has 2 aromatic carbocycles. The second-order valence-corrected chi connectivity index (χ2v) is 12.6. The molecule has 0 spiro atoms. The Morgan fingerprint density at radius 1 is 0.583 bits per heavy atom. The van der Waals surface area contributed by atoms with Crippen molar-refractivity contribution in [1.82, 2.24) is 0 Å². The van der Waals surface area contributed by atoms with E-state index in [1.54, 1.807) is 0 Å². The first kappa shape index (κ1) is 36.5. The van der Waals surface area contributed by atoms with Crippen molar-refractivity contribution in [2.75, 3.05) is 0 Å². The van der Waals surface area contributed by atoms with Gasteiger partial charge in [0, 0.05) is 0 Å². The van der Waals surface area contributed by atoms with Crippen molar-refractivity contribution in [1.29, 1.82) is 0 Å². The number of sulfone groups is 3. The van der Waals surface area contributed by atoms with Crippen LogP contribution in [0.2, 0.25) is 0 Å². The predicted molar refractivity (Wildman–Crippen MR) is 106 cm³/mol. The molecule has 0 N–H and O–H groups in total. The van der Waals surface area contributed by atoms with Gasteiger partial charge in [0.2, 0.25) is 0 Å². The second-order valence-electron chi connectivity index (χ2n) is 6.14. The van der Waals surface area contributed by atoms with E-state index < -0.39 is 50.0 Å². The van der Waals surface area contributed by atoms with E-state index in [2.05, 4.69) is 38.1 Å². The molecule has 0 unspecified atom stereocenters. The molecule has 0 saturated carbocycles. The summed E-state index contributed by atoms with van der Waals surface area (Å²) in [6.07, 6.45) is 0. The molecule has 0 atom stereocenters. The normalized spacial score (nSPS) is 13.0. The minimum Gasteiger partial charge on any atom is -0.251 e. The minimum absolute atomic E-state index is 0. The van der Waals surface area contributed by atoms with Crippen molar-refractivity contribution in [2.24, 2.45) is 0 Å². The van der Waals surface area contributed by atoms with E-state index in [1.807, 2.05) is 30.3 Å². The summed E-state index contributed by atoms with van der Waals surface area (Å²) < 4.78 is 167. The van der Waals surface area contributed by atoms with Crippen LogP contribution in [0.5, 0.6) is 0 Å². The number of hydrogen-bond acceptors (Lipinski definition) is 6. The van der Waals surface area contributed by atoms with Crippen LogP contribution in [0.3, 0.4) is 0 Å². The van der Waals surface area contributed by atoms with Gasteiger partial charge in [0.25, 0.3) is 0 Å². The molecule has 6 nitrogen and oxygen atoms in total. The fourth-order valence-corrected chi connectivity index (χ4v) is 7.43. The summed E-state index contributed by atoms with van der Waals surface area (Å²) >= 11 is 0. The summed E-state index contributed by atoms with van der Waals surface area (Å²) in [5.74, 6) is 0. The molecule has 0 radical (unpaired) electrons. The van der Waals surface area contributed by atoms with Crippen LogP contribution in [0.4, 0.5) is 39.5 Å². The Kier molecular flexibility index (Phi) is 12.9. The number of rotatable bonds is 3. The molecule has 0 amide bonds. The van der Waals surface area contributed by atoms with Crippen molar-refractivity contribution < 1.29 is 81.8 Å². The van der Waals surface area contributed by atoms with Gasteiger partial charge < -0.3 is 0 Å². The van der Waals surface area contributed by atoms with Crippen LogP contribution >= 0.6 is 0 Å². The quantitative estimate of drug-likeness (QED) is 0.268. The van der Waals surface area contributed by atoms with E-state index in [9.17, 15) is 64.8 Å². The molecule has 208 valence electrons. The zero-order valence-electron chi connectivity index (χ0n) is 17.6. The third-order valence-corrected chi connectivity index (χ3v) is 10.6.